The van der Waals surface area contributed by atoms with Crippen molar-refractivity contribution in [2.24, 2.45) is 0 Å². The molecule has 0 aliphatic rings. The summed E-state index contributed by atoms with van der Waals surface area (Å²) >= 11 is 0. The first kappa shape index (κ1) is 17.9. The number of benzene rings is 1. The second-order valence-corrected chi connectivity index (χ2v) is 18.5. The van der Waals surface area contributed by atoms with Crippen LogP contribution in [0.3, 0.4) is 0 Å². The van der Waals surface area contributed by atoms with Gasteiger partial charge in [0.25, 0.3) is 0 Å². The average Bonchev–Trinajstić information content (AvgIpc) is 2.34. The molecule has 0 aliphatic carbocycles. The molecule has 1 aromatic rings. The first-order valence-electron chi connectivity index (χ1n) is 7.56. The second kappa shape index (κ2) is 6.75. The largest absolute Gasteiger partial charge is 0.326 e. The van der Waals surface area contributed by atoms with E-state index in [-0.39, 0.29) is 11.4 Å². The molecule has 1 amide bonds. The molecule has 1 rings (SSSR count). The van der Waals surface area contributed by atoms with Gasteiger partial charge in [0.05, 0.1) is 16.1 Å². The predicted molar refractivity (Wildman–Crippen MR) is 99.3 cm³/mol. The van der Waals surface area contributed by atoms with E-state index < -0.39 is 16.1 Å². The molecule has 21 heavy (non-hydrogen) atoms. The zero-order chi connectivity index (χ0) is 16.3. The van der Waals surface area contributed by atoms with Crippen LogP contribution in [0.15, 0.2) is 42.1 Å². The molecular formula is C17H29NOSi2. The fourth-order valence-corrected chi connectivity index (χ4v) is 4.83. The lowest BCUT2D eigenvalue weighted by atomic mass is 10.2. The van der Waals surface area contributed by atoms with Gasteiger partial charge in [-0.2, -0.15) is 0 Å². The van der Waals surface area contributed by atoms with Crippen LogP contribution in [0.1, 0.15) is 6.42 Å². The van der Waals surface area contributed by atoms with Crippen molar-refractivity contribution in [3.05, 3.63) is 42.1 Å². The number of rotatable bonds is 6. The van der Waals surface area contributed by atoms with Crippen molar-refractivity contribution in [1.82, 2.24) is 0 Å². The van der Waals surface area contributed by atoms with E-state index in [0.717, 1.165) is 12.1 Å². The van der Waals surface area contributed by atoms with E-state index >= 15 is 0 Å². The third kappa shape index (κ3) is 5.63. The number of allylic oxidation sites excluding steroid dienone is 1. The Kier molecular flexibility index (Phi) is 5.76. The molecule has 0 saturated heterocycles. The first-order chi connectivity index (χ1) is 9.51. The Balaban J connectivity index is 2.88. The van der Waals surface area contributed by atoms with Crippen molar-refractivity contribution >= 4 is 27.7 Å². The number of hydrogen-bond donors (Lipinski definition) is 1. The smallest absolute Gasteiger partial charge is 0.225 e. The molecule has 0 aromatic heterocycles. The van der Waals surface area contributed by atoms with Gasteiger partial charge in [-0.1, -0.05) is 62.7 Å². The van der Waals surface area contributed by atoms with Crippen LogP contribution >= 0.6 is 0 Å². The molecule has 1 unspecified atom stereocenters. The molecule has 1 aromatic carbocycles. The molecule has 0 fully saturated rings. The monoisotopic (exact) mass is 319 g/mol. The lowest BCUT2D eigenvalue weighted by molar-refractivity contribution is -0.116. The van der Waals surface area contributed by atoms with E-state index in [1.807, 2.05) is 30.3 Å². The zero-order valence-corrected chi connectivity index (χ0v) is 16.3. The van der Waals surface area contributed by atoms with Crippen LogP contribution in [-0.4, -0.2) is 22.1 Å². The van der Waals surface area contributed by atoms with Gasteiger partial charge >= 0.3 is 0 Å². The number of amides is 1. The number of hydrogen-bond acceptors (Lipinski definition) is 1. The Labute approximate surface area is 131 Å². The van der Waals surface area contributed by atoms with Crippen molar-refractivity contribution in [2.75, 3.05) is 5.32 Å². The van der Waals surface area contributed by atoms with Crippen molar-refractivity contribution in [3.63, 3.8) is 0 Å². The molecule has 0 saturated carbocycles. The number of nitrogens with one attached hydrogen (secondary N) is 1. The van der Waals surface area contributed by atoms with Crippen LogP contribution < -0.4 is 5.32 Å². The van der Waals surface area contributed by atoms with E-state index in [1.165, 1.54) is 5.20 Å². The normalized spacial score (nSPS) is 13.6. The Bertz CT molecular complexity index is 498. The summed E-state index contributed by atoms with van der Waals surface area (Å²) in [5.74, 6) is 0.153. The third-order valence-electron chi connectivity index (χ3n) is 3.91. The van der Waals surface area contributed by atoms with Crippen molar-refractivity contribution in [3.8, 4) is 0 Å². The minimum absolute atomic E-state index is 0.0805. The van der Waals surface area contributed by atoms with Crippen molar-refractivity contribution in [1.29, 1.82) is 0 Å². The van der Waals surface area contributed by atoms with Gasteiger partial charge in [-0.25, -0.2) is 0 Å². The molecule has 116 valence electrons. The summed E-state index contributed by atoms with van der Waals surface area (Å²) in [6.45, 7) is 18.0. The number of carbonyl (C=O) groups is 1. The van der Waals surface area contributed by atoms with Crippen LogP contribution in [0.25, 0.3) is 0 Å². The predicted octanol–water partition coefficient (Wildman–Crippen LogP) is 5.16. The zero-order valence-electron chi connectivity index (χ0n) is 14.3. The standard InChI is InChI=1S/C17H29NOSi2/c1-14(20(2,3)4)13-16(21(5,6)7)17(19)18-15-11-9-8-10-12-15/h8-12,16H,1,13H2,2-7H3,(H,18,19). The van der Waals surface area contributed by atoms with E-state index in [2.05, 4.69) is 51.2 Å². The molecule has 1 N–H and O–H groups in total. The number of carbonyl (C=O) groups excluding carboxylic acids is 1. The first-order valence-corrected chi connectivity index (χ1v) is 14.6. The molecule has 0 aliphatic heterocycles. The Morgan fingerprint density at radius 1 is 1.10 bits per heavy atom. The lowest BCUT2D eigenvalue weighted by Gasteiger charge is -2.31. The highest BCUT2D eigenvalue weighted by molar-refractivity contribution is 6.84. The number of para-hydroxylation sites is 1. The third-order valence-corrected chi connectivity index (χ3v) is 8.80. The molecule has 0 heterocycles. The van der Waals surface area contributed by atoms with Crippen LogP contribution in [0.2, 0.25) is 44.8 Å². The SMILES string of the molecule is C=C(CC(C(=O)Nc1ccccc1)[Si](C)(C)C)[Si](C)(C)C. The minimum atomic E-state index is -1.60. The molecular weight excluding hydrogens is 290 g/mol. The maximum absolute atomic E-state index is 12.7. The summed E-state index contributed by atoms with van der Waals surface area (Å²) in [6.07, 6.45) is 0.837. The van der Waals surface area contributed by atoms with Gasteiger partial charge in [-0.05, 0) is 18.6 Å². The van der Waals surface area contributed by atoms with Gasteiger partial charge in [0, 0.05) is 11.2 Å². The van der Waals surface area contributed by atoms with Gasteiger partial charge in [0.2, 0.25) is 5.91 Å². The van der Waals surface area contributed by atoms with Gasteiger partial charge in [-0.3, -0.25) is 4.79 Å². The summed E-state index contributed by atoms with van der Waals surface area (Å²) in [5, 5.41) is 4.37. The summed E-state index contributed by atoms with van der Waals surface area (Å²) in [7, 11) is -2.99. The molecule has 4 heteroatoms. The van der Waals surface area contributed by atoms with E-state index in [4.69, 9.17) is 0 Å². The van der Waals surface area contributed by atoms with E-state index in [0.29, 0.717) is 0 Å². The quantitative estimate of drug-likeness (QED) is 0.721. The molecule has 0 bridgehead atoms. The van der Waals surface area contributed by atoms with Gasteiger partial charge < -0.3 is 5.32 Å². The molecule has 2 nitrogen and oxygen atoms in total. The Morgan fingerprint density at radius 2 is 1.62 bits per heavy atom. The summed E-state index contributed by atoms with van der Waals surface area (Å²) < 4.78 is 0. The summed E-state index contributed by atoms with van der Waals surface area (Å²) in [6, 6.07) is 9.72. The fraction of sp³-hybridized carbons (Fsp3) is 0.471. The van der Waals surface area contributed by atoms with Crippen molar-refractivity contribution < 1.29 is 4.79 Å². The highest BCUT2D eigenvalue weighted by Crippen LogP contribution is 2.33. The van der Waals surface area contributed by atoms with E-state index in [1.54, 1.807) is 0 Å². The second-order valence-electron chi connectivity index (χ2n) is 7.83. The van der Waals surface area contributed by atoms with Crippen LogP contribution in [0, 0.1) is 0 Å². The summed E-state index contributed by atoms with van der Waals surface area (Å²) in [4.78, 5) is 12.7. The van der Waals surface area contributed by atoms with Gasteiger partial charge in [0.15, 0.2) is 0 Å². The maximum atomic E-state index is 12.7. The van der Waals surface area contributed by atoms with Crippen LogP contribution in [-0.2, 0) is 4.79 Å². The maximum Gasteiger partial charge on any atom is 0.225 e. The Morgan fingerprint density at radius 3 is 2.05 bits per heavy atom. The van der Waals surface area contributed by atoms with Crippen LogP contribution in [0.5, 0.6) is 0 Å². The Hall–Kier alpha value is -1.14. The average molecular weight is 320 g/mol. The molecule has 0 radical (unpaired) electrons. The van der Waals surface area contributed by atoms with Gasteiger partial charge in [-0.15, -0.1) is 6.58 Å². The highest BCUT2D eigenvalue weighted by atomic mass is 28.3. The highest BCUT2D eigenvalue weighted by Gasteiger charge is 2.35. The lowest BCUT2D eigenvalue weighted by Crippen LogP contribution is -2.39. The van der Waals surface area contributed by atoms with Gasteiger partial charge in [0.1, 0.15) is 0 Å². The summed E-state index contributed by atoms with van der Waals surface area (Å²) in [5.41, 5.74) is 0.960. The van der Waals surface area contributed by atoms with Crippen LogP contribution in [0.4, 0.5) is 5.69 Å². The van der Waals surface area contributed by atoms with E-state index in [9.17, 15) is 4.79 Å². The fourth-order valence-electron chi connectivity index (χ4n) is 2.10. The topological polar surface area (TPSA) is 29.1 Å². The molecule has 0 spiro atoms. The molecule has 1 atom stereocenters. The number of anilines is 1. The van der Waals surface area contributed by atoms with Crippen molar-refractivity contribution in [2.45, 2.75) is 51.2 Å². The minimum Gasteiger partial charge on any atom is -0.326 e.